The first-order chi connectivity index (χ1) is 8.94. The third-order valence-corrected chi connectivity index (χ3v) is 5.53. The zero-order chi connectivity index (χ0) is 14.0. The van der Waals surface area contributed by atoms with Crippen molar-refractivity contribution in [1.82, 2.24) is 0 Å². The fourth-order valence-electron chi connectivity index (χ4n) is 1.37. The van der Waals surface area contributed by atoms with E-state index >= 15 is 0 Å². The third kappa shape index (κ3) is 3.21. The van der Waals surface area contributed by atoms with Gasteiger partial charge in [0.25, 0.3) is 10.0 Å². The summed E-state index contributed by atoms with van der Waals surface area (Å²) >= 11 is 12.9. The molecule has 0 radical (unpaired) electrons. The van der Waals surface area contributed by atoms with Crippen LogP contribution >= 0.6 is 34.5 Å². The Bertz CT molecular complexity index is 698. The van der Waals surface area contributed by atoms with Gasteiger partial charge in [-0.05, 0) is 18.2 Å². The summed E-state index contributed by atoms with van der Waals surface area (Å²) < 4.78 is 26.6. The van der Waals surface area contributed by atoms with E-state index in [9.17, 15) is 8.42 Å². The summed E-state index contributed by atoms with van der Waals surface area (Å²) in [6.07, 6.45) is 0. The van der Waals surface area contributed by atoms with Crippen molar-refractivity contribution >= 4 is 50.2 Å². The van der Waals surface area contributed by atoms with Crippen LogP contribution in [0, 0.1) is 0 Å². The topological polar surface area (TPSA) is 66.4 Å². The van der Waals surface area contributed by atoms with Gasteiger partial charge < -0.3 is 5.11 Å². The SMILES string of the molecule is O=S(=O)(Nc1cccc(Cl)c1Cl)c1csc(CO)c1. The lowest BCUT2D eigenvalue weighted by Gasteiger charge is -2.08. The van der Waals surface area contributed by atoms with Crippen LogP contribution in [-0.4, -0.2) is 13.5 Å². The molecule has 0 spiro atoms. The molecule has 0 bridgehead atoms. The molecule has 0 atom stereocenters. The second-order valence-electron chi connectivity index (χ2n) is 3.61. The van der Waals surface area contributed by atoms with Crippen LogP contribution in [0.2, 0.25) is 10.0 Å². The lowest BCUT2D eigenvalue weighted by molar-refractivity contribution is 0.285. The maximum absolute atomic E-state index is 12.1. The number of sulfonamides is 1. The Balaban J connectivity index is 2.33. The molecule has 0 unspecified atom stereocenters. The average Bonchev–Trinajstić information content (AvgIpc) is 2.84. The summed E-state index contributed by atoms with van der Waals surface area (Å²) in [5, 5.41) is 10.8. The van der Waals surface area contributed by atoms with Gasteiger partial charge in [-0.25, -0.2) is 8.42 Å². The predicted molar refractivity (Wildman–Crippen MR) is 77.5 cm³/mol. The summed E-state index contributed by atoms with van der Waals surface area (Å²) in [4.78, 5) is 0.648. The minimum absolute atomic E-state index is 0.0811. The Morgan fingerprint density at radius 1 is 1.32 bits per heavy atom. The average molecular weight is 338 g/mol. The van der Waals surface area contributed by atoms with E-state index in [4.69, 9.17) is 28.3 Å². The lowest BCUT2D eigenvalue weighted by atomic mass is 10.3. The van der Waals surface area contributed by atoms with Crippen molar-refractivity contribution in [2.75, 3.05) is 4.72 Å². The van der Waals surface area contributed by atoms with E-state index in [1.54, 1.807) is 12.1 Å². The smallest absolute Gasteiger partial charge is 0.262 e. The van der Waals surface area contributed by atoms with Crippen molar-refractivity contribution < 1.29 is 13.5 Å². The Morgan fingerprint density at radius 3 is 2.68 bits per heavy atom. The first kappa shape index (κ1) is 14.6. The van der Waals surface area contributed by atoms with Crippen LogP contribution in [0.15, 0.2) is 34.5 Å². The van der Waals surface area contributed by atoms with Crippen molar-refractivity contribution in [3.8, 4) is 0 Å². The van der Waals surface area contributed by atoms with Crippen LogP contribution in [0.25, 0.3) is 0 Å². The van der Waals surface area contributed by atoms with Gasteiger partial charge in [-0.1, -0.05) is 29.3 Å². The van der Waals surface area contributed by atoms with Gasteiger partial charge >= 0.3 is 0 Å². The van der Waals surface area contributed by atoms with Crippen LogP contribution in [-0.2, 0) is 16.6 Å². The first-order valence-electron chi connectivity index (χ1n) is 5.09. The van der Waals surface area contributed by atoms with E-state index in [0.717, 1.165) is 0 Å². The molecule has 4 nitrogen and oxygen atoms in total. The second kappa shape index (κ2) is 5.68. The highest BCUT2D eigenvalue weighted by atomic mass is 35.5. The molecule has 8 heteroatoms. The molecule has 0 saturated carbocycles. The van der Waals surface area contributed by atoms with Crippen molar-refractivity contribution in [3.05, 3.63) is 44.6 Å². The van der Waals surface area contributed by atoms with Crippen molar-refractivity contribution in [2.45, 2.75) is 11.5 Å². The van der Waals surface area contributed by atoms with Gasteiger partial charge in [0.2, 0.25) is 0 Å². The third-order valence-electron chi connectivity index (χ3n) is 2.29. The van der Waals surface area contributed by atoms with Crippen LogP contribution < -0.4 is 4.72 Å². The molecule has 0 saturated heterocycles. The molecule has 1 aromatic heterocycles. The Labute approximate surface area is 124 Å². The van der Waals surface area contributed by atoms with Gasteiger partial charge in [0.1, 0.15) is 0 Å². The summed E-state index contributed by atoms with van der Waals surface area (Å²) in [6, 6.07) is 6.09. The molecule has 0 aliphatic heterocycles. The summed E-state index contributed by atoms with van der Waals surface area (Å²) in [5.74, 6) is 0. The molecule has 2 rings (SSSR count). The molecule has 19 heavy (non-hydrogen) atoms. The fourth-order valence-corrected chi connectivity index (χ4v) is 3.98. The Kier molecular flexibility index (Phi) is 4.37. The van der Waals surface area contributed by atoms with E-state index in [1.165, 1.54) is 28.8 Å². The largest absolute Gasteiger partial charge is 0.391 e. The van der Waals surface area contributed by atoms with Gasteiger partial charge in [0.05, 0.1) is 27.2 Å². The predicted octanol–water partition coefficient (Wildman–Crippen LogP) is 3.35. The molecule has 1 heterocycles. The maximum atomic E-state index is 12.1. The molecule has 0 fully saturated rings. The maximum Gasteiger partial charge on any atom is 0.262 e. The molecule has 1 aromatic carbocycles. The number of nitrogens with one attached hydrogen (secondary N) is 1. The molecule has 0 aliphatic rings. The van der Waals surface area contributed by atoms with Crippen LogP contribution in [0.5, 0.6) is 0 Å². The van der Waals surface area contributed by atoms with Crippen LogP contribution in [0.1, 0.15) is 4.88 Å². The normalized spacial score (nSPS) is 11.5. The molecular formula is C11H9Cl2NO3S2. The highest BCUT2D eigenvalue weighted by Crippen LogP contribution is 2.31. The Morgan fingerprint density at radius 2 is 2.05 bits per heavy atom. The van der Waals surface area contributed by atoms with E-state index in [0.29, 0.717) is 4.88 Å². The number of aliphatic hydroxyl groups is 1. The minimum atomic E-state index is -3.74. The number of thiophene rings is 1. The molecule has 2 N–H and O–H groups in total. The summed E-state index contributed by atoms with van der Waals surface area (Å²) in [7, 11) is -3.74. The highest BCUT2D eigenvalue weighted by molar-refractivity contribution is 7.92. The molecule has 0 aliphatic carbocycles. The number of hydrogen-bond donors (Lipinski definition) is 2. The number of benzene rings is 1. The summed E-state index contributed by atoms with van der Waals surface area (Å²) in [5.41, 5.74) is 0.214. The number of aliphatic hydroxyl groups excluding tert-OH is 1. The number of anilines is 1. The first-order valence-corrected chi connectivity index (χ1v) is 8.21. The fraction of sp³-hybridized carbons (Fsp3) is 0.0909. The second-order valence-corrected chi connectivity index (χ2v) is 7.08. The van der Waals surface area contributed by atoms with E-state index in [2.05, 4.69) is 4.72 Å². The summed E-state index contributed by atoms with van der Waals surface area (Å²) in [6.45, 7) is -0.196. The quantitative estimate of drug-likeness (QED) is 0.898. The van der Waals surface area contributed by atoms with Crippen molar-refractivity contribution in [3.63, 3.8) is 0 Å². The standard InChI is InChI=1S/C11H9Cl2NO3S2/c12-9-2-1-3-10(11(9)13)14-19(16,17)8-4-7(5-15)18-6-8/h1-4,6,14-15H,5H2. The number of halogens is 2. The van der Waals surface area contributed by atoms with E-state index in [-0.39, 0.29) is 27.2 Å². The zero-order valence-electron chi connectivity index (χ0n) is 9.43. The number of rotatable bonds is 4. The molecule has 2 aromatic rings. The molecule has 102 valence electrons. The van der Waals surface area contributed by atoms with Crippen LogP contribution in [0.4, 0.5) is 5.69 Å². The van der Waals surface area contributed by atoms with Crippen molar-refractivity contribution in [1.29, 1.82) is 0 Å². The Hall–Kier alpha value is -0.790. The van der Waals surface area contributed by atoms with Gasteiger partial charge in [0.15, 0.2) is 0 Å². The lowest BCUT2D eigenvalue weighted by Crippen LogP contribution is -2.12. The van der Waals surface area contributed by atoms with E-state index < -0.39 is 10.0 Å². The monoisotopic (exact) mass is 337 g/mol. The van der Waals surface area contributed by atoms with Crippen molar-refractivity contribution in [2.24, 2.45) is 0 Å². The molecule has 0 amide bonds. The number of hydrogen-bond acceptors (Lipinski definition) is 4. The zero-order valence-corrected chi connectivity index (χ0v) is 12.6. The van der Waals surface area contributed by atoms with Gasteiger partial charge in [-0.15, -0.1) is 11.3 Å². The van der Waals surface area contributed by atoms with Crippen LogP contribution in [0.3, 0.4) is 0 Å². The minimum Gasteiger partial charge on any atom is -0.391 e. The van der Waals surface area contributed by atoms with Gasteiger partial charge in [-0.2, -0.15) is 0 Å². The highest BCUT2D eigenvalue weighted by Gasteiger charge is 2.18. The van der Waals surface area contributed by atoms with E-state index in [1.807, 2.05) is 0 Å². The molecular weight excluding hydrogens is 329 g/mol. The van der Waals surface area contributed by atoms with Gasteiger partial charge in [0, 0.05) is 10.3 Å². The van der Waals surface area contributed by atoms with Gasteiger partial charge in [-0.3, -0.25) is 4.72 Å².